The second-order valence-corrected chi connectivity index (χ2v) is 16.4. The molecule has 4 nitrogen and oxygen atoms in total. The van der Waals surface area contributed by atoms with Gasteiger partial charge < -0.3 is 4.57 Å². The van der Waals surface area contributed by atoms with Crippen LogP contribution in [-0.2, 0) is 6.18 Å². The van der Waals surface area contributed by atoms with Crippen LogP contribution in [0.15, 0.2) is 218 Å². The van der Waals surface area contributed by atoms with Crippen molar-refractivity contribution in [2.24, 2.45) is 0 Å². The monoisotopic (exact) mass is 860 g/mol. The lowest BCUT2D eigenvalue weighted by molar-refractivity contribution is -0.137. The van der Waals surface area contributed by atoms with Crippen molar-refractivity contribution in [1.82, 2.24) is 19.5 Å². The number of aryl methyl sites for hydroxylation is 1. The van der Waals surface area contributed by atoms with Crippen molar-refractivity contribution in [3.63, 3.8) is 0 Å². The Kier molecular flexibility index (Phi) is 10.2. The molecule has 0 bridgehead atoms. The van der Waals surface area contributed by atoms with Crippen LogP contribution in [-0.4, -0.2) is 19.5 Å². The third-order valence-electron chi connectivity index (χ3n) is 12.2. The Hall–Kier alpha value is -8.42. The molecule has 0 spiro atoms. The van der Waals surface area contributed by atoms with E-state index in [-0.39, 0.29) is 0 Å². The molecule has 0 aliphatic heterocycles. The summed E-state index contributed by atoms with van der Waals surface area (Å²) >= 11 is 0. The van der Waals surface area contributed by atoms with E-state index in [1.165, 1.54) is 0 Å². The molecule has 0 radical (unpaired) electrons. The largest absolute Gasteiger partial charge is 0.416 e. The van der Waals surface area contributed by atoms with Crippen LogP contribution in [0, 0.1) is 6.92 Å². The van der Waals surface area contributed by atoms with Crippen LogP contribution in [0.4, 0.5) is 13.2 Å². The Morgan fingerprint density at radius 1 is 0.348 bits per heavy atom. The number of hydrogen-bond acceptors (Lipinski definition) is 3. The van der Waals surface area contributed by atoms with E-state index < -0.39 is 11.7 Å². The molecule has 11 aromatic rings. The van der Waals surface area contributed by atoms with E-state index in [1.54, 1.807) is 12.1 Å². The van der Waals surface area contributed by atoms with E-state index in [2.05, 4.69) is 102 Å². The Morgan fingerprint density at radius 2 is 0.712 bits per heavy atom. The molecule has 0 fully saturated rings. The third-order valence-corrected chi connectivity index (χ3v) is 12.2. The van der Waals surface area contributed by atoms with Crippen LogP contribution in [0.1, 0.15) is 11.1 Å². The second kappa shape index (κ2) is 16.6. The normalized spacial score (nSPS) is 11.6. The summed E-state index contributed by atoms with van der Waals surface area (Å²) in [5.74, 6) is 1.43. The van der Waals surface area contributed by atoms with Crippen molar-refractivity contribution in [3.05, 3.63) is 230 Å². The molecule has 2 aromatic heterocycles. The first kappa shape index (κ1) is 40.4. The van der Waals surface area contributed by atoms with Crippen LogP contribution in [0.5, 0.6) is 0 Å². The van der Waals surface area contributed by atoms with Gasteiger partial charge >= 0.3 is 6.18 Å². The van der Waals surface area contributed by atoms with Crippen LogP contribution in [0.25, 0.3) is 106 Å². The Balaban J connectivity index is 1.25. The molecule has 7 heteroatoms. The van der Waals surface area contributed by atoms with Gasteiger partial charge in [0.1, 0.15) is 0 Å². The maximum atomic E-state index is 14.2. The van der Waals surface area contributed by atoms with Gasteiger partial charge in [0.05, 0.1) is 22.3 Å². The lowest BCUT2D eigenvalue weighted by atomic mass is 9.91. The van der Waals surface area contributed by atoms with Crippen LogP contribution in [0.3, 0.4) is 0 Å². The summed E-state index contributed by atoms with van der Waals surface area (Å²) < 4.78 is 44.9. The smallest absolute Gasteiger partial charge is 0.308 e. The van der Waals surface area contributed by atoms with E-state index in [0.717, 1.165) is 89.7 Å². The number of halogens is 3. The van der Waals surface area contributed by atoms with E-state index in [9.17, 15) is 13.2 Å². The maximum Gasteiger partial charge on any atom is 0.416 e. The van der Waals surface area contributed by atoms with Gasteiger partial charge in [-0.05, 0) is 88.8 Å². The molecule has 0 N–H and O–H groups in total. The molecule has 9 aromatic carbocycles. The lowest BCUT2D eigenvalue weighted by Gasteiger charge is -2.21. The number of aromatic nitrogens is 4. The van der Waals surface area contributed by atoms with E-state index >= 15 is 0 Å². The molecule has 0 saturated heterocycles. The number of hydrogen-bond donors (Lipinski definition) is 0. The van der Waals surface area contributed by atoms with Gasteiger partial charge in [-0.25, -0.2) is 15.0 Å². The Labute approximate surface area is 380 Å². The SMILES string of the molecule is Cc1ccc(-c2cc(-c3nc(-c4ccccc4)nc(-c4ccccc4)n3)cc(-c3ccc(C(F)(F)F)cc3)c2-n2c3ccc(-c4ccccc4)cc3c3cc(-c4ccccc4)ccc32)cc1. The first-order valence-corrected chi connectivity index (χ1v) is 21.7. The number of benzene rings is 9. The standard InChI is InChI=1S/C59H39F3N4/c1-38-22-24-41(25-23-38)49-36-47(58-64-56(43-18-10-4-11-19-43)63-57(65-58)44-20-12-5-13-21-44)37-50(42-26-30-48(31-27-42)59(60,61)62)55(49)66-53-32-28-45(39-14-6-2-7-15-39)34-51(53)52-35-46(29-33-54(52)66)40-16-8-3-9-17-40/h2-37H,1H3. The summed E-state index contributed by atoms with van der Waals surface area (Å²) in [6.45, 7) is 2.05. The zero-order valence-corrected chi connectivity index (χ0v) is 35.7. The van der Waals surface area contributed by atoms with Gasteiger partial charge in [0.25, 0.3) is 0 Å². The van der Waals surface area contributed by atoms with Gasteiger partial charge in [-0.3, -0.25) is 0 Å². The van der Waals surface area contributed by atoms with Gasteiger partial charge in [-0.2, -0.15) is 13.2 Å². The molecular weight excluding hydrogens is 822 g/mol. The molecule has 2 heterocycles. The number of nitrogens with zero attached hydrogens (tertiary/aromatic N) is 4. The fourth-order valence-corrected chi connectivity index (χ4v) is 8.84. The average Bonchev–Trinajstić information content (AvgIpc) is 3.69. The molecule has 66 heavy (non-hydrogen) atoms. The zero-order chi connectivity index (χ0) is 44.8. The minimum Gasteiger partial charge on any atom is -0.308 e. The highest BCUT2D eigenvalue weighted by atomic mass is 19.4. The van der Waals surface area contributed by atoms with Crippen molar-refractivity contribution in [3.8, 4) is 84.4 Å². The fraction of sp³-hybridized carbons (Fsp3) is 0.0339. The van der Waals surface area contributed by atoms with Gasteiger partial charge in [0.2, 0.25) is 0 Å². The van der Waals surface area contributed by atoms with E-state index in [1.807, 2.05) is 103 Å². The highest BCUT2D eigenvalue weighted by molar-refractivity contribution is 6.13. The third kappa shape index (κ3) is 7.60. The maximum absolute atomic E-state index is 14.2. The molecule has 316 valence electrons. The topological polar surface area (TPSA) is 43.6 Å². The van der Waals surface area contributed by atoms with Crippen LogP contribution < -0.4 is 0 Å². The van der Waals surface area contributed by atoms with Gasteiger partial charge in [0.15, 0.2) is 17.5 Å². The summed E-state index contributed by atoms with van der Waals surface area (Å²) in [6.07, 6.45) is -4.51. The lowest BCUT2D eigenvalue weighted by Crippen LogP contribution is -2.05. The first-order chi connectivity index (χ1) is 32.2. The first-order valence-electron chi connectivity index (χ1n) is 21.7. The molecule has 11 rings (SSSR count). The highest BCUT2D eigenvalue weighted by Gasteiger charge is 2.31. The van der Waals surface area contributed by atoms with E-state index in [0.29, 0.717) is 34.2 Å². The van der Waals surface area contributed by atoms with Crippen molar-refractivity contribution in [2.75, 3.05) is 0 Å². The molecule has 0 saturated carbocycles. The minimum atomic E-state index is -4.51. The summed E-state index contributed by atoms with van der Waals surface area (Å²) in [4.78, 5) is 15.2. The summed E-state index contributed by atoms with van der Waals surface area (Å²) in [5, 5.41) is 2.08. The number of fused-ring (bicyclic) bond motifs is 3. The predicted molar refractivity (Wildman–Crippen MR) is 262 cm³/mol. The molecule has 0 aliphatic rings. The minimum absolute atomic E-state index is 0.429. The second-order valence-electron chi connectivity index (χ2n) is 16.4. The number of rotatable bonds is 8. The quantitative estimate of drug-likeness (QED) is 0.153. The van der Waals surface area contributed by atoms with Crippen molar-refractivity contribution < 1.29 is 13.2 Å². The molecular formula is C59H39F3N4. The van der Waals surface area contributed by atoms with E-state index in [4.69, 9.17) is 15.0 Å². The fourth-order valence-electron chi connectivity index (χ4n) is 8.84. The summed E-state index contributed by atoms with van der Waals surface area (Å²) in [6, 6.07) is 71.3. The predicted octanol–water partition coefficient (Wildman–Crippen LogP) is 16.0. The Morgan fingerprint density at radius 3 is 1.12 bits per heavy atom. The summed E-state index contributed by atoms with van der Waals surface area (Å²) in [5.41, 5.74) is 12.8. The molecule has 0 amide bonds. The molecule has 0 aliphatic carbocycles. The Bertz CT molecular complexity index is 3380. The van der Waals surface area contributed by atoms with Gasteiger partial charge in [-0.1, -0.05) is 175 Å². The van der Waals surface area contributed by atoms with Crippen molar-refractivity contribution in [2.45, 2.75) is 13.1 Å². The van der Waals surface area contributed by atoms with Crippen molar-refractivity contribution in [1.29, 1.82) is 0 Å². The average molecular weight is 861 g/mol. The van der Waals surface area contributed by atoms with Crippen LogP contribution in [0.2, 0.25) is 0 Å². The van der Waals surface area contributed by atoms with Gasteiger partial charge in [-0.15, -0.1) is 0 Å². The highest BCUT2D eigenvalue weighted by Crippen LogP contribution is 2.46. The van der Waals surface area contributed by atoms with Crippen LogP contribution >= 0.6 is 0 Å². The summed E-state index contributed by atoms with van der Waals surface area (Å²) in [7, 11) is 0. The van der Waals surface area contributed by atoms with Crippen molar-refractivity contribution >= 4 is 21.8 Å². The zero-order valence-electron chi connectivity index (χ0n) is 35.7. The van der Waals surface area contributed by atoms with Gasteiger partial charge in [0, 0.05) is 38.6 Å². The number of alkyl halides is 3. The molecule has 0 unspecified atom stereocenters. The molecule has 0 atom stereocenters.